The minimum absolute atomic E-state index is 0.803. The Morgan fingerprint density at radius 3 is 3.05 bits per heavy atom. The van der Waals surface area contributed by atoms with E-state index in [1.807, 2.05) is 11.3 Å². The Hall–Kier alpha value is -1.12. The quantitative estimate of drug-likeness (QED) is 0.840. The Morgan fingerprint density at radius 2 is 2.19 bits per heavy atom. The van der Waals surface area contributed by atoms with Gasteiger partial charge in [0.25, 0.3) is 0 Å². The smallest absolute Gasteiger partial charge is 0.0351 e. The van der Waals surface area contributed by atoms with Gasteiger partial charge < -0.3 is 5.32 Å². The van der Waals surface area contributed by atoms with Crippen LogP contribution in [0.15, 0.2) is 29.2 Å². The fraction of sp³-hybridized carbons (Fsp3) is 0.474. The predicted molar refractivity (Wildman–Crippen MR) is 92.9 cm³/mol. The van der Waals surface area contributed by atoms with Gasteiger partial charge in [-0.05, 0) is 79.6 Å². The lowest BCUT2D eigenvalue weighted by molar-refractivity contribution is 0.502. The van der Waals surface area contributed by atoms with Crippen molar-refractivity contribution in [1.29, 1.82) is 0 Å². The molecule has 21 heavy (non-hydrogen) atoms. The van der Waals surface area contributed by atoms with Gasteiger partial charge in [0.15, 0.2) is 0 Å². The van der Waals surface area contributed by atoms with Crippen molar-refractivity contribution in [3.8, 4) is 0 Å². The third-order valence-electron chi connectivity index (χ3n) is 5.33. The lowest BCUT2D eigenvalue weighted by Crippen LogP contribution is -2.19. The van der Waals surface area contributed by atoms with Crippen molar-refractivity contribution in [1.82, 2.24) is 5.32 Å². The molecule has 0 saturated heterocycles. The molecule has 0 spiro atoms. The van der Waals surface area contributed by atoms with E-state index in [0.29, 0.717) is 0 Å². The highest BCUT2D eigenvalue weighted by Gasteiger charge is 2.35. The highest BCUT2D eigenvalue weighted by Crippen LogP contribution is 2.50. The zero-order chi connectivity index (χ0) is 14.4. The monoisotopic (exact) mass is 297 g/mol. The van der Waals surface area contributed by atoms with Crippen LogP contribution in [0, 0.1) is 18.8 Å². The van der Waals surface area contributed by atoms with E-state index >= 15 is 0 Å². The Labute approximate surface area is 131 Å². The van der Waals surface area contributed by atoms with E-state index in [2.05, 4.69) is 42.9 Å². The van der Waals surface area contributed by atoms with Gasteiger partial charge in [-0.25, -0.2) is 0 Å². The maximum atomic E-state index is 3.41. The van der Waals surface area contributed by atoms with Crippen LogP contribution in [0.4, 0.5) is 0 Å². The van der Waals surface area contributed by atoms with Crippen LogP contribution < -0.4 is 5.32 Å². The average Bonchev–Trinajstić information content (AvgIpc) is 3.05. The van der Waals surface area contributed by atoms with E-state index in [9.17, 15) is 0 Å². The molecule has 2 aliphatic rings. The van der Waals surface area contributed by atoms with Gasteiger partial charge in [0.2, 0.25) is 0 Å². The van der Waals surface area contributed by atoms with Crippen LogP contribution in [0.5, 0.6) is 0 Å². The van der Waals surface area contributed by atoms with Gasteiger partial charge in [-0.1, -0.05) is 17.7 Å². The number of rotatable bonds is 3. The number of allylic oxidation sites excluding steroid dienone is 1. The third kappa shape index (κ3) is 2.16. The second kappa shape index (κ2) is 5.26. The molecule has 0 aliphatic heterocycles. The number of likely N-dealkylation sites (N-methyl/N-ethyl adjacent to an activating group) is 1. The van der Waals surface area contributed by atoms with Gasteiger partial charge in [0.05, 0.1) is 0 Å². The molecule has 1 aromatic heterocycles. The summed E-state index contributed by atoms with van der Waals surface area (Å²) in [6.07, 6.45) is 5.56. The SMILES string of the molecule is CNCC1=C(c2cccc3scc(C)c23)C2CCC(C1)C2. The van der Waals surface area contributed by atoms with Crippen molar-refractivity contribution in [3.05, 3.63) is 40.3 Å². The minimum Gasteiger partial charge on any atom is -0.316 e. The molecule has 2 bridgehead atoms. The maximum Gasteiger partial charge on any atom is 0.0351 e. The molecule has 2 aliphatic carbocycles. The van der Waals surface area contributed by atoms with Gasteiger partial charge in [-0.15, -0.1) is 11.3 Å². The highest BCUT2D eigenvalue weighted by atomic mass is 32.1. The van der Waals surface area contributed by atoms with Gasteiger partial charge in [-0.3, -0.25) is 0 Å². The second-order valence-corrected chi connectivity index (χ2v) is 7.64. The molecule has 2 unspecified atom stereocenters. The first-order valence-corrected chi connectivity index (χ1v) is 8.99. The number of hydrogen-bond donors (Lipinski definition) is 1. The number of aryl methyl sites for hydroxylation is 1. The van der Waals surface area contributed by atoms with Crippen molar-refractivity contribution < 1.29 is 0 Å². The van der Waals surface area contributed by atoms with Crippen LogP contribution in [-0.2, 0) is 0 Å². The van der Waals surface area contributed by atoms with Crippen LogP contribution >= 0.6 is 11.3 Å². The van der Waals surface area contributed by atoms with Crippen molar-refractivity contribution in [2.75, 3.05) is 13.6 Å². The topological polar surface area (TPSA) is 12.0 Å². The zero-order valence-corrected chi connectivity index (χ0v) is 13.7. The van der Waals surface area contributed by atoms with E-state index in [0.717, 1.165) is 18.4 Å². The molecule has 4 rings (SSSR count). The van der Waals surface area contributed by atoms with E-state index in [1.165, 1.54) is 46.9 Å². The maximum absolute atomic E-state index is 3.41. The van der Waals surface area contributed by atoms with E-state index < -0.39 is 0 Å². The summed E-state index contributed by atoms with van der Waals surface area (Å²) < 4.78 is 1.45. The summed E-state index contributed by atoms with van der Waals surface area (Å²) in [4.78, 5) is 0. The van der Waals surface area contributed by atoms with Crippen LogP contribution in [0.3, 0.4) is 0 Å². The predicted octanol–water partition coefficient (Wildman–Crippen LogP) is 5.00. The molecule has 1 N–H and O–H groups in total. The summed E-state index contributed by atoms with van der Waals surface area (Å²) in [5.41, 5.74) is 6.34. The Kier molecular flexibility index (Phi) is 3.39. The van der Waals surface area contributed by atoms with Gasteiger partial charge in [-0.2, -0.15) is 0 Å². The van der Waals surface area contributed by atoms with Crippen LogP contribution in [0.1, 0.15) is 36.8 Å². The van der Waals surface area contributed by atoms with Crippen molar-refractivity contribution in [3.63, 3.8) is 0 Å². The molecule has 1 aromatic carbocycles. The van der Waals surface area contributed by atoms with Crippen molar-refractivity contribution in [2.24, 2.45) is 11.8 Å². The second-order valence-electron chi connectivity index (χ2n) is 6.73. The molecule has 2 aromatic rings. The fourth-order valence-electron chi connectivity index (χ4n) is 4.53. The van der Waals surface area contributed by atoms with E-state index in [4.69, 9.17) is 0 Å². The first-order chi connectivity index (χ1) is 10.3. The molecule has 1 saturated carbocycles. The zero-order valence-electron chi connectivity index (χ0n) is 12.9. The van der Waals surface area contributed by atoms with Crippen LogP contribution in [-0.4, -0.2) is 13.6 Å². The Morgan fingerprint density at radius 1 is 1.29 bits per heavy atom. The third-order valence-corrected chi connectivity index (χ3v) is 6.39. The standard InChI is InChI=1S/C19H23NS/c1-12-11-21-17-5-3-4-16(18(12)17)19-14-7-6-13(8-14)9-15(19)10-20-2/h3-5,11,13-14,20H,6-10H2,1-2H3. The number of fused-ring (bicyclic) bond motifs is 3. The van der Waals surface area contributed by atoms with Gasteiger partial charge >= 0.3 is 0 Å². The van der Waals surface area contributed by atoms with Crippen molar-refractivity contribution >= 4 is 27.0 Å². The molecule has 0 amide bonds. The molecular weight excluding hydrogens is 274 g/mol. The van der Waals surface area contributed by atoms with E-state index in [-0.39, 0.29) is 0 Å². The number of thiophene rings is 1. The Bertz CT molecular complexity index is 709. The summed E-state index contributed by atoms with van der Waals surface area (Å²) in [6, 6.07) is 6.89. The first kappa shape index (κ1) is 13.5. The minimum atomic E-state index is 0.803. The van der Waals surface area contributed by atoms with Crippen LogP contribution in [0.25, 0.3) is 15.7 Å². The van der Waals surface area contributed by atoms with Gasteiger partial charge in [0.1, 0.15) is 0 Å². The number of nitrogens with one attached hydrogen (secondary N) is 1. The van der Waals surface area contributed by atoms with Gasteiger partial charge in [0, 0.05) is 16.6 Å². The molecule has 0 radical (unpaired) electrons. The summed E-state index contributed by atoms with van der Waals surface area (Å²) in [6.45, 7) is 3.32. The summed E-state index contributed by atoms with van der Waals surface area (Å²) >= 11 is 1.89. The molecule has 2 heteroatoms. The highest BCUT2D eigenvalue weighted by molar-refractivity contribution is 7.17. The number of benzene rings is 1. The first-order valence-electron chi connectivity index (χ1n) is 8.11. The molecule has 110 valence electrons. The molecular formula is C19H23NS. The molecule has 1 nitrogen and oxygen atoms in total. The summed E-state index contributed by atoms with van der Waals surface area (Å²) in [5.74, 6) is 1.75. The van der Waals surface area contributed by atoms with Crippen molar-refractivity contribution in [2.45, 2.75) is 32.6 Å². The summed E-state index contributed by atoms with van der Waals surface area (Å²) in [5, 5.41) is 7.23. The van der Waals surface area contributed by atoms with E-state index in [1.54, 1.807) is 11.1 Å². The average molecular weight is 297 g/mol. The fourth-order valence-corrected chi connectivity index (χ4v) is 5.50. The Balaban J connectivity index is 1.94. The lowest BCUT2D eigenvalue weighted by atomic mass is 9.78. The summed E-state index contributed by atoms with van der Waals surface area (Å²) in [7, 11) is 2.08. The van der Waals surface area contributed by atoms with Crippen LogP contribution in [0.2, 0.25) is 0 Å². The molecule has 2 atom stereocenters. The number of hydrogen-bond acceptors (Lipinski definition) is 2. The largest absolute Gasteiger partial charge is 0.316 e. The normalized spacial score (nSPS) is 25.0. The lowest BCUT2D eigenvalue weighted by Gasteiger charge is -2.27. The molecule has 1 fully saturated rings. The molecule has 1 heterocycles.